The van der Waals surface area contributed by atoms with Crippen molar-refractivity contribution in [2.24, 2.45) is 5.14 Å². The summed E-state index contributed by atoms with van der Waals surface area (Å²) >= 11 is 0. The van der Waals surface area contributed by atoms with Gasteiger partial charge in [-0.1, -0.05) is 0 Å². The molecule has 1 saturated heterocycles. The number of nitrogens with zero attached hydrogens (tertiary/aromatic N) is 1. The number of hydrogen-bond acceptors (Lipinski definition) is 3. The number of hydrogen-bond donors (Lipinski definition) is 1. The Morgan fingerprint density at radius 3 is 2.69 bits per heavy atom. The van der Waals surface area contributed by atoms with Gasteiger partial charge in [0.25, 0.3) is 0 Å². The molecular weight excluding hydrogens is 192 g/mol. The second-order valence-electron chi connectivity index (χ2n) is 3.34. The second-order valence-corrected chi connectivity index (χ2v) is 5.00. The van der Waals surface area contributed by atoms with Gasteiger partial charge in [0.05, 0.1) is 5.75 Å². The summed E-state index contributed by atoms with van der Waals surface area (Å²) in [6.45, 7) is 2.09. The van der Waals surface area contributed by atoms with Gasteiger partial charge in [0.1, 0.15) is 0 Å². The van der Waals surface area contributed by atoms with E-state index in [1.807, 2.05) is 0 Å². The van der Waals surface area contributed by atoms with Gasteiger partial charge >= 0.3 is 0 Å². The molecule has 1 atom stereocenters. The molecule has 0 spiro atoms. The van der Waals surface area contributed by atoms with Gasteiger partial charge in [0.15, 0.2) is 0 Å². The van der Waals surface area contributed by atoms with Crippen molar-refractivity contribution in [3.05, 3.63) is 0 Å². The normalized spacial score (nSPS) is 23.5. The Bertz CT molecular complexity index is 299. The largest absolute Gasteiger partial charge is 0.339 e. The standard InChI is InChI=1S/C7H14N2O3S/c1-6(10)9-4-2-3-7(9)5-13(8,11)12/h7H,2-5H2,1H3,(H2,8,11,12). The predicted molar refractivity (Wildman–Crippen MR) is 48.4 cm³/mol. The van der Waals surface area contributed by atoms with Crippen LogP contribution in [0.15, 0.2) is 0 Å². The van der Waals surface area contributed by atoms with E-state index in [0.717, 1.165) is 12.8 Å². The molecule has 13 heavy (non-hydrogen) atoms. The minimum atomic E-state index is -3.47. The second kappa shape index (κ2) is 3.63. The molecule has 0 aromatic carbocycles. The number of primary sulfonamides is 1. The van der Waals surface area contributed by atoms with Crippen LogP contribution in [0.4, 0.5) is 0 Å². The fraction of sp³-hybridized carbons (Fsp3) is 0.857. The predicted octanol–water partition coefficient (Wildman–Crippen LogP) is -0.714. The SMILES string of the molecule is CC(=O)N1CCCC1CS(N)(=O)=O. The van der Waals surface area contributed by atoms with Crippen molar-refractivity contribution < 1.29 is 13.2 Å². The zero-order valence-corrected chi connectivity index (χ0v) is 8.38. The fourth-order valence-corrected chi connectivity index (χ4v) is 2.57. The highest BCUT2D eigenvalue weighted by atomic mass is 32.2. The number of carbonyl (C=O) groups excluding carboxylic acids is 1. The van der Waals surface area contributed by atoms with Gasteiger partial charge in [-0.05, 0) is 12.8 Å². The lowest BCUT2D eigenvalue weighted by Gasteiger charge is -2.21. The van der Waals surface area contributed by atoms with Crippen LogP contribution in [0.5, 0.6) is 0 Å². The van der Waals surface area contributed by atoms with Gasteiger partial charge in [-0.3, -0.25) is 4.79 Å². The zero-order valence-electron chi connectivity index (χ0n) is 7.56. The Balaban J connectivity index is 2.64. The lowest BCUT2D eigenvalue weighted by atomic mass is 10.2. The number of amides is 1. The van der Waals surface area contributed by atoms with Crippen molar-refractivity contribution in [3.8, 4) is 0 Å². The molecule has 0 aliphatic carbocycles. The smallest absolute Gasteiger partial charge is 0.219 e. The maximum atomic E-state index is 11.0. The molecule has 76 valence electrons. The summed E-state index contributed by atoms with van der Waals surface area (Å²) in [5.41, 5.74) is 0. The van der Waals surface area contributed by atoms with E-state index in [1.165, 1.54) is 6.92 Å². The molecule has 2 N–H and O–H groups in total. The highest BCUT2D eigenvalue weighted by Crippen LogP contribution is 2.17. The number of likely N-dealkylation sites (tertiary alicyclic amines) is 1. The van der Waals surface area contributed by atoms with Crippen LogP contribution in [0.3, 0.4) is 0 Å². The Kier molecular flexibility index (Phi) is 2.92. The Hall–Kier alpha value is -0.620. The zero-order chi connectivity index (χ0) is 10.1. The average Bonchev–Trinajstić information content (AvgIpc) is 2.31. The molecule has 1 heterocycles. The molecule has 0 aromatic heterocycles. The molecule has 1 unspecified atom stereocenters. The summed E-state index contributed by atoms with van der Waals surface area (Å²) in [4.78, 5) is 12.6. The van der Waals surface area contributed by atoms with Gasteiger partial charge in [-0.2, -0.15) is 0 Å². The van der Waals surface area contributed by atoms with E-state index in [2.05, 4.69) is 0 Å². The Morgan fingerprint density at radius 1 is 1.62 bits per heavy atom. The van der Waals surface area contributed by atoms with Crippen molar-refractivity contribution in [1.29, 1.82) is 0 Å². The molecule has 0 saturated carbocycles. The van der Waals surface area contributed by atoms with Crippen LogP contribution < -0.4 is 5.14 Å². The van der Waals surface area contributed by atoms with Gasteiger partial charge < -0.3 is 4.90 Å². The van der Waals surface area contributed by atoms with Crippen LogP contribution >= 0.6 is 0 Å². The molecule has 5 nitrogen and oxygen atoms in total. The topological polar surface area (TPSA) is 80.5 Å². The molecule has 0 radical (unpaired) electrons. The lowest BCUT2D eigenvalue weighted by molar-refractivity contribution is -0.129. The number of carbonyl (C=O) groups is 1. The van der Waals surface area contributed by atoms with Crippen LogP contribution in [0.2, 0.25) is 0 Å². The Labute approximate surface area is 77.9 Å². The van der Waals surface area contributed by atoms with E-state index in [-0.39, 0.29) is 17.7 Å². The first kappa shape index (κ1) is 10.5. The van der Waals surface area contributed by atoms with E-state index in [0.29, 0.717) is 6.54 Å². The average molecular weight is 206 g/mol. The summed E-state index contributed by atoms with van der Waals surface area (Å²) in [6.07, 6.45) is 1.59. The molecular formula is C7H14N2O3S. The fourth-order valence-electron chi connectivity index (χ4n) is 1.69. The third-order valence-electron chi connectivity index (χ3n) is 2.21. The maximum Gasteiger partial charge on any atom is 0.219 e. The first-order chi connectivity index (χ1) is 5.90. The van der Waals surface area contributed by atoms with Crippen LogP contribution in [0.25, 0.3) is 0 Å². The molecule has 1 amide bonds. The highest BCUT2D eigenvalue weighted by Gasteiger charge is 2.29. The molecule has 0 bridgehead atoms. The first-order valence-electron chi connectivity index (χ1n) is 4.18. The maximum absolute atomic E-state index is 11.0. The van der Waals surface area contributed by atoms with Gasteiger partial charge in [0, 0.05) is 19.5 Å². The van der Waals surface area contributed by atoms with E-state index < -0.39 is 10.0 Å². The summed E-state index contributed by atoms with van der Waals surface area (Å²) in [7, 11) is -3.47. The van der Waals surface area contributed by atoms with Crippen LogP contribution in [0.1, 0.15) is 19.8 Å². The van der Waals surface area contributed by atoms with Gasteiger partial charge in [-0.25, -0.2) is 13.6 Å². The van der Waals surface area contributed by atoms with Crippen molar-refractivity contribution in [3.63, 3.8) is 0 Å². The summed E-state index contributed by atoms with van der Waals surface area (Å²) in [5, 5.41) is 4.91. The lowest BCUT2D eigenvalue weighted by Crippen LogP contribution is -2.39. The van der Waals surface area contributed by atoms with E-state index in [4.69, 9.17) is 5.14 Å². The van der Waals surface area contributed by atoms with Crippen molar-refractivity contribution in [2.45, 2.75) is 25.8 Å². The first-order valence-corrected chi connectivity index (χ1v) is 5.89. The molecule has 0 aromatic rings. The third-order valence-corrected chi connectivity index (χ3v) is 3.06. The Morgan fingerprint density at radius 2 is 2.23 bits per heavy atom. The summed E-state index contributed by atoms with van der Waals surface area (Å²) < 4.78 is 21.6. The van der Waals surface area contributed by atoms with Gasteiger partial charge in [0.2, 0.25) is 15.9 Å². The van der Waals surface area contributed by atoms with E-state index in [9.17, 15) is 13.2 Å². The van der Waals surface area contributed by atoms with Crippen LogP contribution in [0, 0.1) is 0 Å². The summed E-state index contributed by atoms with van der Waals surface area (Å²) in [6, 6.07) is -0.215. The van der Waals surface area contributed by atoms with Crippen LogP contribution in [-0.4, -0.2) is 37.6 Å². The van der Waals surface area contributed by atoms with Crippen molar-refractivity contribution in [1.82, 2.24) is 4.90 Å². The number of sulfonamides is 1. The van der Waals surface area contributed by atoms with Gasteiger partial charge in [-0.15, -0.1) is 0 Å². The molecule has 1 aliphatic rings. The van der Waals surface area contributed by atoms with E-state index in [1.54, 1.807) is 4.90 Å². The summed E-state index contributed by atoms with van der Waals surface area (Å²) in [5.74, 6) is -0.196. The van der Waals surface area contributed by atoms with Crippen LogP contribution in [-0.2, 0) is 14.8 Å². The monoisotopic (exact) mass is 206 g/mol. The molecule has 1 fully saturated rings. The third kappa shape index (κ3) is 2.96. The number of nitrogens with two attached hydrogens (primary N) is 1. The minimum Gasteiger partial charge on any atom is -0.339 e. The van der Waals surface area contributed by atoms with Crippen molar-refractivity contribution >= 4 is 15.9 Å². The molecule has 1 aliphatic heterocycles. The van der Waals surface area contributed by atoms with Crippen molar-refractivity contribution in [2.75, 3.05) is 12.3 Å². The molecule has 6 heteroatoms. The highest BCUT2D eigenvalue weighted by molar-refractivity contribution is 7.89. The minimum absolute atomic E-state index is 0.0776. The quantitative estimate of drug-likeness (QED) is 0.647. The number of rotatable bonds is 2. The van der Waals surface area contributed by atoms with E-state index >= 15 is 0 Å². The molecule has 1 rings (SSSR count).